The maximum Gasteiger partial charge on any atom is 0.326 e. The lowest BCUT2D eigenvalue weighted by Gasteiger charge is -2.27. The summed E-state index contributed by atoms with van der Waals surface area (Å²) in [5.41, 5.74) is 5.83. The SMILES string of the molecule is CCC(C)C(NC(=O)C(NC(=O)C(CCC(=O)O)NC(=O)C(N)CC(C)C)C(C)O)C(=O)O. The van der Waals surface area contributed by atoms with Gasteiger partial charge in [-0.1, -0.05) is 34.1 Å². The molecule has 12 heteroatoms. The van der Waals surface area contributed by atoms with Crippen LogP contribution in [0.3, 0.4) is 0 Å². The number of amides is 3. The van der Waals surface area contributed by atoms with Crippen LogP contribution in [-0.4, -0.2) is 75.3 Å². The zero-order valence-electron chi connectivity index (χ0n) is 19.8. The van der Waals surface area contributed by atoms with Crippen LogP contribution in [0.15, 0.2) is 0 Å². The average Bonchev–Trinajstić information content (AvgIpc) is 2.70. The number of carboxylic acids is 2. The van der Waals surface area contributed by atoms with Gasteiger partial charge in [-0.25, -0.2) is 4.79 Å². The minimum atomic E-state index is -1.53. The molecule has 0 radical (unpaired) electrons. The van der Waals surface area contributed by atoms with E-state index in [1.165, 1.54) is 6.92 Å². The number of aliphatic carboxylic acids is 2. The molecule has 6 atom stereocenters. The zero-order chi connectivity index (χ0) is 25.9. The van der Waals surface area contributed by atoms with Crippen molar-refractivity contribution in [3.8, 4) is 0 Å². The first kappa shape index (κ1) is 30.3. The molecule has 33 heavy (non-hydrogen) atoms. The molecule has 0 saturated heterocycles. The third kappa shape index (κ3) is 11.1. The lowest BCUT2D eigenvalue weighted by molar-refractivity contribution is -0.144. The van der Waals surface area contributed by atoms with Gasteiger partial charge in [0, 0.05) is 6.42 Å². The lowest BCUT2D eigenvalue weighted by Crippen LogP contribution is -2.60. The van der Waals surface area contributed by atoms with Crippen molar-refractivity contribution < 1.29 is 39.3 Å². The van der Waals surface area contributed by atoms with Crippen LogP contribution in [0.2, 0.25) is 0 Å². The second-order valence-corrected chi connectivity index (χ2v) is 8.67. The van der Waals surface area contributed by atoms with Crippen molar-refractivity contribution in [1.82, 2.24) is 16.0 Å². The quantitative estimate of drug-likeness (QED) is 0.158. The number of rotatable bonds is 15. The Morgan fingerprint density at radius 3 is 1.82 bits per heavy atom. The predicted octanol–water partition coefficient (Wildman–Crippen LogP) is -0.809. The third-order valence-corrected chi connectivity index (χ3v) is 5.18. The van der Waals surface area contributed by atoms with E-state index in [4.69, 9.17) is 10.8 Å². The fourth-order valence-corrected chi connectivity index (χ4v) is 3.02. The molecule has 0 aromatic rings. The van der Waals surface area contributed by atoms with Gasteiger partial charge in [0.1, 0.15) is 18.1 Å². The molecule has 0 aromatic carbocycles. The van der Waals surface area contributed by atoms with Crippen LogP contribution >= 0.6 is 0 Å². The zero-order valence-corrected chi connectivity index (χ0v) is 19.8. The van der Waals surface area contributed by atoms with Gasteiger partial charge < -0.3 is 37.0 Å². The normalized spacial score (nSPS) is 16.6. The Hall–Kier alpha value is -2.73. The highest BCUT2D eigenvalue weighted by atomic mass is 16.4. The summed E-state index contributed by atoms with van der Waals surface area (Å²) in [6.07, 6.45) is -1.33. The Balaban J connectivity index is 5.52. The predicted molar refractivity (Wildman–Crippen MR) is 119 cm³/mol. The van der Waals surface area contributed by atoms with E-state index in [0.717, 1.165) is 0 Å². The van der Waals surface area contributed by atoms with Crippen LogP contribution < -0.4 is 21.7 Å². The average molecular weight is 475 g/mol. The van der Waals surface area contributed by atoms with Gasteiger partial charge in [0.2, 0.25) is 17.7 Å². The Morgan fingerprint density at radius 1 is 0.848 bits per heavy atom. The summed E-state index contributed by atoms with van der Waals surface area (Å²) in [4.78, 5) is 60.3. The molecule has 12 nitrogen and oxygen atoms in total. The first-order valence-corrected chi connectivity index (χ1v) is 11.0. The van der Waals surface area contributed by atoms with Gasteiger partial charge >= 0.3 is 11.9 Å². The highest BCUT2D eigenvalue weighted by molar-refractivity contribution is 5.94. The number of aliphatic hydroxyl groups excluding tert-OH is 1. The van der Waals surface area contributed by atoms with E-state index in [1.54, 1.807) is 13.8 Å². The van der Waals surface area contributed by atoms with E-state index in [2.05, 4.69) is 16.0 Å². The standard InChI is InChI=1S/C21H38N4O8/c1-6-11(4)16(21(32)33)24-20(31)17(12(5)26)25-19(30)14(7-8-15(27)28)23-18(29)13(22)9-10(2)3/h10-14,16-17,26H,6-9,22H2,1-5H3,(H,23,29)(H,24,31)(H,25,30)(H,27,28)(H,32,33). The number of hydrogen-bond acceptors (Lipinski definition) is 7. The van der Waals surface area contributed by atoms with E-state index in [1.807, 2.05) is 13.8 Å². The van der Waals surface area contributed by atoms with Crippen molar-refractivity contribution >= 4 is 29.7 Å². The first-order chi connectivity index (χ1) is 15.2. The fourth-order valence-electron chi connectivity index (χ4n) is 3.02. The van der Waals surface area contributed by atoms with Gasteiger partial charge in [0.15, 0.2) is 0 Å². The summed E-state index contributed by atoms with van der Waals surface area (Å²) >= 11 is 0. The van der Waals surface area contributed by atoms with Gasteiger partial charge in [0.25, 0.3) is 0 Å². The van der Waals surface area contributed by atoms with Crippen molar-refractivity contribution in [3.05, 3.63) is 0 Å². The minimum absolute atomic E-state index is 0.105. The van der Waals surface area contributed by atoms with Gasteiger partial charge in [-0.15, -0.1) is 0 Å². The Bertz CT molecular complexity index is 698. The van der Waals surface area contributed by atoms with E-state index in [0.29, 0.717) is 12.8 Å². The molecule has 0 bridgehead atoms. The number of carboxylic acid groups (broad SMARTS) is 2. The molecule has 0 spiro atoms. The van der Waals surface area contributed by atoms with Crippen molar-refractivity contribution in [2.75, 3.05) is 0 Å². The topological polar surface area (TPSA) is 208 Å². The molecule has 0 aliphatic heterocycles. The Kier molecular flexibility index (Phi) is 13.2. The monoisotopic (exact) mass is 474 g/mol. The molecule has 3 amide bonds. The molecule has 8 N–H and O–H groups in total. The largest absolute Gasteiger partial charge is 0.481 e. The molecule has 190 valence electrons. The van der Waals surface area contributed by atoms with E-state index in [-0.39, 0.29) is 12.3 Å². The highest BCUT2D eigenvalue weighted by Crippen LogP contribution is 2.10. The number of nitrogens with two attached hydrogens (primary N) is 1. The molecule has 0 aliphatic rings. The second kappa shape index (κ2) is 14.4. The fraction of sp³-hybridized carbons (Fsp3) is 0.762. The first-order valence-electron chi connectivity index (χ1n) is 11.0. The summed E-state index contributed by atoms with van der Waals surface area (Å²) in [5.74, 6) is -5.26. The Morgan fingerprint density at radius 2 is 1.39 bits per heavy atom. The summed E-state index contributed by atoms with van der Waals surface area (Å²) in [6, 6.07) is -5.02. The lowest BCUT2D eigenvalue weighted by atomic mass is 9.98. The molecule has 0 saturated carbocycles. The number of carbonyl (C=O) groups excluding carboxylic acids is 3. The van der Waals surface area contributed by atoms with Gasteiger partial charge in [-0.05, 0) is 31.6 Å². The summed E-state index contributed by atoms with van der Waals surface area (Å²) in [5, 5.41) is 35.3. The van der Waals surface area contributed by atoms with E-state index >= 15 is 0 Å². The van der Waals surface area contributed by atoms with Crippen LogP contribution in [0.1, 0.15) is 60.3 Å². The van der Waals surface area contributed by atoms with Crippen LogP contribution in [0.5, 0.6) is 0 Å². The molecule has 0 heterocycles. The minimum Gasteiger partial charge on any atom is -0.481 e. The third-order valence-electron chi connectivity index (χ3n) is 5.18. The summed E-state index contributed by atoms with van der Waals surface area (Å²) < 4.78 is 0. The molecule has 6 unspecified atom stereocenters. The van der Waals surface area contributed by atoms with Gasteiger partial charge in [-0.3, -0.25) is 19.2 Å². The smallest absolute Gasteiger partial charge is 0.326 e. The van der Waals surface area contributed by atoms with E-state index < -0.39 is 72.3 Å². The number of hydrogen-bond donors (Lipinski definition) is 7. The summed E-state index contributed by atoms with van der Waals surface area (Å²) in [7, 11) is 0. The second-order valence-electron chi connectivity index (χ2n) is 8.67. The van der Waals surface area contributed by atoms with Crippen LogP contribution in [-0.2, 0) is 24.0 Å². The molecule has 0 rings (SSSR count). The van der Waals surface area contributed by atoms with Crippen LogP contribution in [0, 0.1) is 11.8 Å². The van der Waals surface area contributed by atoms with Crippen LogP contribution in [0.25, 0.3) is 0 Å². The number of nitrogens with one attached hydrogen (secondary N) is 3. The van der Waals surface area contributed by atoms with Crippen molar-refractivity contribution in [3.63, 3.8) is 0 Å². The maximum atomic E-state index is 12.8. The van der Waals surface area contributed by atoms with Crippen LogP contribution in [0.4, 0.5) is 0 Å². The summed E-state index contributed by atoms with van der Waals surface area (Å²) in [6.45, 7) is 8.33. The van der Waals surface area contributed by atoms with Crippen molar-refractivity contribution in [2.24, 2.45) is 17.6 Å². The van der Waals surface area contributed by atoms with E-state index in [9.17, 15) is 34.2 Å². The van der Waals surface area contributed by atoms with Gasteiger partial charge in [0.05, 0.1) is 12.1 Å². The molecular formula is C21H38N4O8. The van der Waals surface area contributed by atoms with Crippen molar-refractivity contribution in [1.29, 1.82) is 0 Å². The van der Waals surface area contributed by atoms with Gasteiger partial charge in [-0.2, -0.15) is 0 Å². The maximum absolute atomic E-state index is 12.8. The Labute approximate surface area is 193 Å². The molecular weight excluding hydrogens is 436 g/mol. The highest BCUT2D eigenvalue weighted by Gasteiger charge is 2.34. The molecule has 0 fully saturated rings. The number of carbonyl (C=O) groups is 5. The number of aliphatic hydroxyl groups is 1. The molecule has 0 aliphatic carbocycles. The van der Waals surface area contributed by atoms with Crippen molar-refractivity contribution in [2.45, 2.75) is 90.6 Å². The molecule has 0 aromatic heterocycles.